The number of nitrogens with zero attached hydrogens (tertiary/aromatic N) is 1. The van der Waals surface area contributed by atoms with Crippen LogP contribution in [0.4, 0.5) is 5.69 Å². The molecule has 0 bridgehead atoms. The van der Waals surface area contributed by atoms with Crippen molar-refractivity contribution in [2.75, 3.05) is 6.54 Å². The van der Waals surface area contributed by atoms with Crippen LogP contribution in [0.15, 0.2) is 77.8 Å². The molecule has 0 saturated heterocycles. The van der Waals surface area contributed by atoms with E-state index in [4.69, 9.17) is 4.99 Å². The summed E-state index contributed by atoms with van der Waals surface area (Å²) >= 11 is 0. The van der Waals surface area contributed by atoms with Crippen LogP contribution < -0.4 is 5.32 Å². The molecule has 0 unspecified atom stereocenters. The van der Waals surface area contributed by atoms with Crippen LogP contribution in [0.25, 0.3) is 10.9 Å². The minimum atomic E-state index is -0.320. The summed E-state index contributed by atoms with van der Waals surface area (Å²) < 4.78 is 0. The summed E-state index contributed by atoms with van der Waals surface area (Å²) in [6.07, 6.45) is 0. The molecule has 3 N–H and O–H groups in total. The lowest BCUT2D eigenvalue weighted by atomic mass is 10.00. The van der Waals surface area contributed by atoms with Crippen molar-refractivity contribution in [2.24, 2.45) is 4.99 Å². The van der Waals surface area contributed by atoms with Gasteiger partial charge in [0.2, 0.25) is 0 Å². The molecule has 0 aliphatic heterocycles. The van der Waals surface area contributed by atoms with Gasteiger partial charge in [-0.3, -0.25) is 4.79 Å². The van der Waals surface area contributed by atoms with E-state index in [0.717, 1.165) is 22.2 Å². The molecule has 158 valence electrons. The molecule has 3 aromatic carbocycles. The maximum absolute atomic E-state index is 11.6. The third-order valence-corrected chi connectivity index (χ3v) is 5.00. The maximum Gasteiger partial charge on any atom is 0.296 e. The third kappa shape index (κ3) is 4.55. The maximum atomic E-state index is 11.6. The number of fused-ring (bicyclic) bond motifs is 1. The summed E-state index contributed by atoms with van der Waals surface area (Å²) in [4.78, 5) is 19.5. The second-order valence-electron chi connectivity index (χ2n) is 7.38. The zero-order valence-electron chi connectivity index (χ0n) is 17.9. The first-order valence-electron chi connectivity index (χ1n) is 10.4. The fraction of sp³-hybridized carbons (Fsp3) is 0.111. The molecule has 0 aliphatic carbocycles. The predicted molar refractivity (Wildman–Crippen MR) is 128 cm³/mol. The summed E-state index contributed by atoms with van der Waals surface area (Å²) in [7, 11) is 0. The smallest absolute Gasteiger partial charge is 0.296 e. The number of carbonyl (C=O) groups is 1. The van der Waals surface area contributed by atoms with Crippen LogP contribution in [0.5, 0.6) is 5.88 Å². The van der Waals surface area contributed by atoms with Gasteiger partial charge in [-0.25, -0.2) is 4.99 Å². The number of aryl methyl sites for hydroxylation is 1. The van der Waals surface area contributed by atoms with Gasteiger partial charge in [-0.2, -0.15) is 0 Å². The molecule has 0 fully saturated rings. The lowest BCUT2D eigenvalue weighted by Crippen LogP contribution is -2.20. The van der Waals surface area contributed by atoms with Crippen molar-refractivity contribution in [3.63, 3.8) is 0 Å². The minimum Gasteiger partial charge on any atom is -0.494 e. The lowest BCUT2D eigenvalue weighted by Gasteiger charge is -2.08. The Morgan fingerprint density at radius 3 is 2.53 bits per heavy atom. The Labute approximate surface area is 186 Å². The summed E-state index contributed by atoms with van der Waals surface area (Å²) in [5, 5.41) is 14.3. The number of nitrogens with one attached hydrogen (secondary N) is 2. The first kappa shape index (κ1) is 21.0. The molecule has 0 atom stereocenters. The van der Waals surface area contributed by atoms with E-state index in [9.17, 15) is 9.90 Å². The molecule has 5 nitrogen and oxygen atoms in total. The fourth-order valence-corrected chi connectivity index (χ4v) is 3.44. The molecule has 0 radical (unpaired) electrons. The largest absolute Gasteiger partial charge is 0.494 e. The summed E-state index contributed by atoms with van der Waals surface area (Å²) in [6, 6.07) is 23.2. The predicted octanol–water partition coefficient (Wildman–Crippen LogP) is 4.84. The van der Waals surface area contributed by atoms with Crippen molar-refractivity contribution in [2.45, 2.75) is 13.8 Å². The van der Waals surface area contributed by atoms with Gasteiger partial charge in [-0.1, -0.05) is 60.0 Å². The number of amides is 1. The van der Waals surface area contributed by atoms with Crippen LogP contribution in [0.2, 0.25) is 0 Å². The van der Waals surface area contributed by atoms with E-state index in [1.54, 1.807) is 0 Å². The summed E-state index contributed by atoms with van der Waals surface area (Å²) in [6.45, 7) is 4.41. The normalized spacial score (nSPS) is 11.1. The molecule has 1 amide bonds. The van der Waals surface area contributed by atoms with E-state index in [0.29, 0.717) is 28.9 Å². The standard InChI is InChI=1S/C27H23N3O2/c1-3-28-24(31)16-12-19-11-15-22-23(17-19)30-27(32)25(22)26(20-7-5-4-6-8-20)29-21-13-9-18(2)10-14-21/h4-11,13-15,17,30,32H,3H2,1-2H3,(H,28,31). The Morgan fingerprint density at radius 2 is 1.81 bits per heavy atom. The van der Waals surface area contributed by atoms with Gasteiger partial charge in [0.15, 0.2) is 5.88 Å². The van der Waals surface area contributed by atoms with Gasteiger partial charge in [0.05, 0.1) is 22.5 Å². The molecule has 0 spiro atoms. The monoisotopic (exact) mass is 421 g/mol. The van der Waals surface area contributed by atoms with E-state index < -0.39 is 0 Å². The highest BCUT2D eigenvalue weighted by atomic mass is 16.3. The Balaban J connectivity index is 1.83. The molecule has 1 aromatic heterocycles. The molecule has 5 heteroatoms. The van der Waals surface area contributed by atoms with Crippen LogP contribution in [-0.4, -0.2) is 28.3 Å². The zero-order valence-corrected chi connectivity index (χ0v) is 17.9. The number of aromatic nitrogens is 1. The van der Waals surface area contributed by atoms with Gasteiger partial charge in [-0.05, 0) is 38.1 Å². The van der Waals surface area contributed by atoms with Gasteiger partial charge in [-0.15, -0.1) is 0 Å². The molecule has 4 rings (SSSR count). The van der Waals surface area contributed by atoms with E-state index in [2.05, 4.69) is 22.1 Å². The van der Waals surface area contributed by atoms with Gasteiger partial charge in [0, 0.05) is 29.0 Å². The zero-order chi connectivity index (χ0) is 22.5. The van der Waals surface area contributed by atoms with E-state index in [-0.39, 0.29) is 11.8 Å². The second kappa shape index (κ2) is 9.23. The van der Waals surface area contributed by atoms with Gasteiger partial charge < -0.3 is 15.4 Å². The van der Waals surface area contributed by atoms with Gasteiger partial charge in [0.1, 0.15) is 0 Å². The van der Waals surface area contributed by atoms with Crippen molar-refractivity contribution in [1.82, 2.24) is 10.3 Å². The average molecular weight is 422 g/mol. The lowest BCUT2D eigenvalue weighted by molar-refractivity contribution is -0.115. The van der Waals surface area contributed by atoms with E-state index in [1.165, 1.54) is 0 Å². The number of hydrogen-bond acceptors (Lipinski definition) is 3. The van der Waals surface area contributed by atoms with Crippen LogP contribution in [0.1, 0.15) is 29.2 Å². The van der Waals surface area contributed by atoms with Crippen molar-refractivity contribution in [3.8, 4) is 17.7 Å². The van der Waals surface area contributed by atoms with Crippen LogP contribution in [0, 0.1) is 18.8 Å². The first-order valence-corrected chi connectivity index (χ1v) is 10.4. The van der Waals surface area contributed by atoms with Crippen molar-refractivity contribution in [3.05, 3.63) is 95.1 Å². The van der Waals surface area contributed by atoms with Crippen LogP contribution in [0.3, 0.4) is 0 Å². The van der Waals surface area contributed by atoms with Gasteiger partial charge in [0.25, 0.3) is 5.91 Å². The number of aromatic amines is 1. The quantitative estimate of drug-likeness (QED) is 0.326. The molecule has 1 heterocycles. The minimum absolute atomic E-state index is 0.0311. The van der Waals surface area contributed by atoms with Crippen molar-refractivity contribution < 1.29 is 9.90 Å². The molecule has 4 aromatic rings. The Kier molecular flexibility index (Phi) is 6.05. The second-order valence-corrected chi connectivity index (χ2v) is 7.38. The highest BCUT2D eigenvalue weighted by Crippen LogP contribution is 2.32. The number of hydrogen-bond donors (Lipinski definition) is 3. The molecule has 0 aliphatic rings. The van der Waals surface area contributed by atoms with E-state index >= 15 is 0 Å². The molecule has 0 saturated carbocycles. The van der Waals surface area contributed by atoms with Crippen LogP contribution >= 0.6 is 0 Å². The number of H-pyrrole nitrogens is 1. The number of aliphatic imine (C=N–C) groups is 1. The summed E-state index contributed by atoms with van der Waals surface area (Å²) in [5.41, 5.74) is 5.52. The highest BCUT2D eigenvalue weighted by molar-refractivity contribution is 6.22. The molecule has 32 heavy (non-hydrogen) atoms. The average Bonchev–Trinajstić information content (AvgIpc) is 3.13. The SMILES string of the molecule is CCNC(=O)C#Cc1ccc2c(C(=Nc3ccc(C)cc3)c3ccccc3)c(O)[nH]c2c1. The van der Waals surface area contributed by atoms with Crippen LogP contribution in [-0.2, 0) is 4.79 Å². The number of rotatable bonds is 4. The number of aromatic hydroxyl groups is 1. The summed E-state index contributed by atoms with van der Waals surface area (Å²) in [5.74, 6) is 5.14. The first-order chi connectivity index (χ1) is 15.5. The highest BCUT2D eigenvalue weighted by Gasteiger charge is 2.18. The number of carbonyl (C=O) groups excluding carboxylic acids is 1. The molecular weight excluding hydrogens is 398 g/mol. The third-order valence-electron chi connectivity index (χ3n) is 5.00. The van der Waals surface area contributed by atoms with Gasteiger partial charge >= 0.3 is 0 Å². The topological polar surface area (TPSA) is 77.5 Å². The Morgan fingerprint density at radius 1 is 1.06 bits per heavy atom. The Hall–Kier alpha value is -4.30. The van der Waals surface area contributed by atoms with Crippen molar-refractivity contribution in [1.29, 1.82) is 0 Å². The van der Waals surface area contributed by atoms with E-state index in [1.807, 2.05) is 86.6 Å². The number of benzene rings is 3. The fourth-order valence-electron chi connectivity index (χ4n) is 3.44. The Bertz CT molecular complexity index is 1360. The van der Waals surface area contributed by atoms with Crippen molar-refractivity contribution >= 4 is 28.2 Å². The molecular formula is C27H23N3O2.